The van der Waals surface area contributed by atoms with Gasteiger partial charge < -0.3 is 16.2 Å². The van der Waals surface area contributed by atoms with Crippen LogP contribution in [0.4, 0.5) is 0 Å². The van der Waals surface area contributed by atoms with Crippen molar-refractivity contribution in [2.75, 3.05) is 6.54 Å². The maximum Gasteiger partial charge on any atom is 0.326 e. The van der Waals surface area contributed by atoms with Gasteiger partial charge in [-0.1, -0.05) is 13.8 Å². The van der Waals surface area contributed by atoms with Crippen LogP contribution in [-0.4, -0.2) is 29.6 Å². The van der Waals surface area contributed by atoms with Gasteiger partial charge in [-0.05, 0) is 50.5 Å². The Bertz CT molecular complexity index is 310. The van der Waals surface area contributed by atoms with Crippen LogP contribution in [0, 0.1) is 17.8 Å². The molecular weight excluding hydrogens is 244 g/mol. The molecule has 0 aromatic heterocycles. The summed E-state index contributed by atoms with van der Waals surface area (Å²) >= 11 is 0. The molecule has 0 bridgehead atoms. The van der Waals surface area contributed by atoms with Gasteiger partial charge in [-0.2, -0.15) is 0 Å². The molecule has 1 fully saturated rings. The molecule has 1 aliphatic rings. The van der Waals surface area contributed by atoms with Crippen LogP contribution in [-0.2, 0) is 9.59 Å². The highest BCUT2D eigenvalue weighted by Crippen LogP contribution is 2.28. The first-order valence-electron chi connectivity index (χ1n) is 7.17. The highest BCUT2D eigenvalue weighted by molar-refractivity contribution is 5.85. The number of nitrogens with one attached hydrogen (secondary N) is 1. The molecule has 5 heteroatoms. The van der Waals surface area contributed by atoms with Crippen molar-refractivity contribution < 1.29 is 14.7 Å². The average Bonchev–Trinajstić information content (AvgIpc) is 2.37. The second-order valence-corrected chi connectivity index (χ2v) is 5.98. The number of amides is 1. The topological polar surface area (TPSA) is 92.4 Å². The van der Waals surface area contributed by atoms with Crippen molar-refractivity contribution in [3.8, 4) is 0 Å². The monoisotopic (exact) mass is 270 g/mol. The largest absolute Gasteiger partial charge is 0.480 e. The fourth-order valence-electron chi connectivity index (χ4n) is 2.64. The zero-order valence-electron chi connectivity index (χ0n) is 11.9. The van der Waals surface area contributed by atoms with E-state index in [1.165, 1.54) is 0 Å². The summed E-state index contributed by atoms with van der Waals surface area (Å²) in [5.41, 5.74) is 5.62. The third-order valence-corrected chi connectivity index (χ3v) is 3.87. The molecule has 110 valence electrons. The Balaban J connectivity index is 2.46. The zero-order valence-corrected chi connectivity index (χ0v) is 11.9. The molecule has 0 heterocycles. The molecule has 5 nitrogen and oxygen atoms in total. The van der Waals surface area contributed by atoms with Crippen molar-refractivity contribution in [2.45, 2.75) is 52.0 Å². The minimum atomic E-state index is -0.947. The van der Waals surface area contributed by atoms with E-state index in [9.17, 15) is 9.59 Å². The first-order chi connectivity index (χ1) is 8.93. The summed E-state index contributed by atoms with van der Waals surface area (Å²) in [5, 5.41) is 11.8. The highest BCUT2D eigenvalue weighted by atomic mass is 16.4. The minimum Gasteiger partial charge on any atom is -0.480 e. The van der Waals surface area contributed by atoms with Crippen molar-refractivity contribution in [1.29, 1.82) is 0 Å². The number of hydrogen-bond donors (Lipinski definition) is 3. The number of nitrogens with two attached hydrogens (primary N) is 1. The number of rotatable bonds is 6. The molecule has 0 saturated heterocycles. The Morgan fingerprint density at radius 2 is 1.84 bits per heavy atom. The van der Waals surface area contributed by atoms with E-state index in [0.717, 1.165) is 25.7 Å². The summed E-state index contributed by atoms with van der Waals surface area (Å²) in [6.07, 6.45) is 4.05. The first kappa shape index (κ1) is 16.0. The molecule has 1 amide bonds. The Labute approximate surface area is 114 Å². The molecule has 1 rings (SSSR count). The van der Waals surface area contributed by atoms with Crippen molar-refractivity contribution in [2.24, 2.45) is 23.5 Å². The number of carboxylic acids is 1. The summed E-state index contributed by atoms with van der Waals surface area (Å²) in [5.74, 6) is -0.331. The van der Waals surface area contributed by atoms with Crippen LogP contribution in [0.25, 0.3) is 0 Å². The molecule has 4 N–H and O–H groups in total. The molecule has 0 aromatic carbocycles. The predicted octanol–water partition coefficient (Wildman–Crippen LogP) is 1.37. The number of carboxylic acid groups (broad SMARTS) is 1. The fourth-order valence-corrected chi connectivity index (χ4v) is 2.64. The second-order valence-electron chi connectivity index (χ2n) is 5.98. The van der Waals surface area contributed by atoms with E-state index in [1.54, 1.807) is 0 Å². The van der Waals surface area contributed by atoms with Gasteiger partial charge in [0.1, 0.15) is 6.04 Å². The first-order valence-corrected chi connectivity index (χ1v) is 7.17. The second kappa shape index (κ2) is 7.48. The summed E-state index contributed by atoms with van der Waals surface area (Å²) in [4.78, 5) is 23.2. The Morgan fingerprint density at radius 1 is 1.26 bits per heavy atom. The maximum absolute atomic E-state index is 12.1. The summed E-state index contributed by atoms with van der Waals surface area (Å²) in [6, 6.07) is -0.764. The smallest absolute Gasteiger partial charge is 0.326 e. The maximum atomic E-state index is 12.1. The van der Waals surface area contributed by atoms with Gasteiger partial charge in [0.25, 0.3) is 0 Å². The molecule has 1 atom stereocenters. The summed E-state index contributed by atoms with van der Waals surface area (Å²) in [7, 11) is 0. The molecule has 19 heavy (non-hydrogen) atoms. The lowest BCUT2D eigenvalue weighted by Gasteiger charge is -2.28. The molecule has 1 saturated carbocycles. The third kappa shape index (κ3) is 5.19. The van der Waals surface area contributed by atoms with E-state index in [1.807, 2.05) is 13.8 Å². The van der Waals surface area contributed by atoms with Crippen LogP contribution in [0.2, 0.25) is 0 Å². The minimum absolute atomic E-state index is 0.0446. The molecule has 1 aliphatic carbocycles. The van der Waals surface area contributed by atoms with Crippen LogP contribution in [0.3, 0.4) is 0 Å². The van der Waals surface area contributed by atoms with Crippen LogP contribution in [0.5, 0.6) is 0 Å². The van der Waals surface area contributed by atoms with Gasteiger partial charge in [0.2, 0.25) is 5.91 Å². The number of carbonyl (C=O) groups is 2. The number of carbonyl (C=O) groups excluding carboxylic acids is 1. The lowest BCUT2D eigenvalue weighted by Crippen LogP contribution is -2.45. The quantitative estimate of drug-likeness (QED) is 0.679. The van der Waals surface area contributed by atoms with Gasteiger partial charge in [-0.3, -0.25) is 4.79 Å². The van der Waals surface area contributed by atoms with Crippen molar-refractivity contribution in [3.63, 3.8) is 0 Å². The van der Waals surface area contributed by atoms with Crippen LogP contribution in [0.1, 0.15) is 46.0 Å². The van der Waals surface area contributed by atoms with E-state index in [-0.39, 0.29) is 17.7 Å². The lowest BCUT2D eigenvalue weighted by molar-refractivity contribution is -0.143. The summed E-state index contributed by atoms with van der Waals surface area (Å²) < 4.78 is 0. The van der Waals surface area contributed by atoms with Gasteiger partial charge in [0.15, 0.2) is 0 Å². The van der Waals surface area contributed by atoms with Crippen LogP contribution in [0.15, 0.2) is 0 Å². The predicted molar refractivity (Wildman–Crippen MR) is 73.5 cm³/mol. The highest BCUT2D eigenvalue weighted by Gasteiger charge is 2.29. The molecule has 0 spiro atoms. The molecule has 0 aliphatic heterocycles. The molecular formula is C14H26N2O3. The van der Waals surface area contributed by atoms with E-state index >= 15 is 0 Å². The van der Waals surface area contributed by atoms with Crippen LogP contribution >= 0.6 is 0 Å². The Hall–Kier alpha value is -1.10. The molecule has 0 aromatic rings. The fraction of sp³-hybridized carbons (Fsp3) is 0.857. The van der Waals surface area contributed by atoms with Gasteiger partial charge in [0, 0.05) is 5.92 Å². The molecule has 0 unspecified atom stereocenters. The van der Waals surface area contributed by atoms with Crippen molar-refractivity contribution in [1.82, 2.24) is 5.32 Å². The normalized spacial score (nSPS) is 25.1. The number of aliphatic carboxylic acids is 1. The van der Waals surface area contributed by atoms with Gasteiger partial charge in [-0.15, -0.1) is 0 Å². The van der Waals surface area contributed by atoms with E-state index in [2.05, 4.69) is 5.32 Å². The van der Waals surface area contributed by atoms with Crippen molar-refractivity contribution in [3.05, 3.63) is 0 Å². The van der Waals surface area contributed by atoms with E-state index < -0.39 is 12.0 Å². The van der Waals surface area contributed by atoms with Gasteiger partial charge in [0.05, 0.1) is 0 Å². The van der Waals surface area contributed by atoms with Gasteiger partial charge >= 0.3 is 5.97 Å². The van der Waals surface area contributed by atoms with Crippen molar-refractivity contribution >= 4 is 11.9 Å². The average molecular weight is 270 g/mol. The molecule has 0 radical (unpaired) electrons. The standard InChI is InChI=1S/C14H26N2O3/c1-9(2)7-12(14(18)19)16-13(17)11-5-3-10(8-15)4-6-11/h9-12H,3-8,15H2,1-2H3,(H,16,17)(H,18,19)/t10?,11?,12-/m0/s1. The number of hydrogen-bond acceptors (Lipinski definition) is 3. The SMILES string of the molecule is CC(C)C[C@H](NC(=O)C1CCC(CN)CC1)C(=O)O. The Morgan fingerprint density at radius 3 is 2.26 bits per heavy atom. The van der Waals surface area contributed by atoms with E-state index in [0.29, 0.717) is 18.9 Å². The zero-order chi connectivity index (χ0) is 14.4. The van der Waals surface area contributed by atoms with E-state index in [4.69, 9.17) is 10.8 Å². The van der Waals surface area contributed by atoms with Crippen LogP contribution < -0.4 is 11.1 Å². The Kier molecular flexibility index (Phi) is 6.28. The summed E-state index contributed by atoms with van der Waals surface area (Å²) in [6.45, 7) is 4.59. The third-order valence-electron chi connectivity index (χ3n) is 3.87. The lowest BCUT2D eigenvalue weighted by atomic mass is 9.81. The van der Waals surface area contributed by atoms with Gasteiger partial charge in [-0.25, -0.2) is 4.79 Å².